The molecule has 0 spiro atoms. The Morgan fingerprint density at radius 3 is 2.58 bits per heavy atom. The third kappa shape index (κ3) is 4.49. The van der Waals surface area contributed by atoms with E-state index in [-0.39, 0.29) is 11.8 Å². The smallest absolute Gasteiger partial charge is 0.227 e. The van der Waals surface area contributed by atoms with Crippen molar-refractivity contribution in [3.8, 4) is 0 Å². The van der Waals surface area contributed by atoms with Gasteiger partial charge in [-0.1, -0.05) is 26.2 Å². The van der Waals surface area contributed by atoms with E-state index in [2.05, 4.69) is 22.1 Å². The summed E-state index contributed by atoms with van der Waals surface area (Å²) in [7, 11) is 0. The molecule has 24 heavy (non-hydrogen) atoms. The summed E-state index contributed by atoms with van der Waals surface area (Å²) in [6.45, 7) is 4.45. The van der Waals surface area contributed by atoms with Crippen LogP contribution >= 0.6 is 0 Å². The molecule has 1 saturated heterocycles. The van der Waals surface area contributed by atoms with E-state index in [9.17, 15) is 4.79 Å². The fraction of sp³-hybridized carbons (Fsp3) is 0.700. The molecule has 2 aliphatic rings. The number of amides is 1. The molecule has 0 aromatic carbocycles. The molecule has 0 radical (unpaired) electrons. The fourth-order valence-electron chi connectivity index (χ4n) is 4.04. The van der Waals surface area contributed by atoms with Gasteiger partial charge in [0, 0.05) is 19.0 Å². The second-order valence-corrected chi connectivity index (χ2v) is 7.45. The lowest BCUT2D eigenvalue weighted by Crippen LogP contribution is -2.27. The highest BCUT2D eigenvalue weighted by atomic mass is 16.1. The topological polar surface area (TPSA) is 45.2 Å². The highest BCUT2D eigenvalue weighted by molar-refractivity contribution is 5.92. The molecule has 0 atom stereocenters. The van der Waals surface area contributed by atoms with Crippen LogP contribution in [0.2, 0.25) is 0 Å². The SMILES string of the molecule is CCCCC1CCC(C(=O)Nc2ccc(N3CCCC3)nc2)CC1. The molecule has 3 rings (SSSR count). The second kappa shape index (κ2) is 8.50. The number of hydrogen-bond donors (Lipinski definition) is 1. The van der Waals surface area contributed by atoms with Crippen LogP contribution in [-0.4, -0.2) is 24.0 Å². The minimum atomic E-state index is 0.180. The molecular weight excluding hydrogens is 298 g/mol. The Labute approximate surface area is 146 Å². The van der Waals surface area contributed by atoms with Crippen LogP contribution in [0.4, 0.5) is 11.5 Å². The van der Waals surface area contributed by atoms with Gasteiger partial charge in [0.05, 0.1) is 11.9 Å². The first-order chi connectivity index (χ1) is 11.8. The van der Waals surface area contributed by atoms with Crippen molar-refractivity contribution in [3.05, 3.63) is 18.3 Å². The van der Waals surface area contributed by atoms with Crippen molar-refractivity contribution in [2.75, 3.05) is 23.3 Å². The summed E-state index contributed by atoms with van der Waals surface area (Å²) in [6, 6.07) is 4.02. The number of carbonyl (C=O) groups excluding carboxylic acids is 1. The Morgan fingerprint density at radius 1 is 1.21 bits per heavy atom. The average molecular weight is 329 g/mol. The number of hydrogen-bond acceptors (Lipinski definition) is 3. The van der Waals surface area contributed by atoms with Gasteiger partial charge in [-0.05, 0) is 56.6 Å². The van der Waals surface area contributed by atoms with Crippen molar-refractivity contribution in [1.29, 1.82) is 0 Å². The van der Waals surface area contributed by atoms with Crippen LogP contribution in [0.3, 0.4) is 0 Å². The van der Waals surface area contributed by atoms with E-state index >= 15 is 0 Å². The number of nitrogens with one attached hydrogen (secondary N) is 1. The molecular formula is C20H31N3O. The second-order valence-electron chi connectivity index (χ2n) is 7.45. The quantitative estimate of drug-likeness (QED) is 0.828. The van der Waals surface area contributed by atoms with Gasteiger partial charge < -0.3 is 10.2 Å². The van der Waals surface area contributed by atoms with E-state index in [1.807, 2.05) is 12.1 Å². The van der Waals surface area contributed by atoms with Crippen LogP contribution in [0.1, 0.15) is 64.7 Å². The largest absolute Gasteiger partial charge is 0.357 e. The van der Waals surface area contributed by atoms with Crippen LogP contribution in [0.15, 0.2) is 18.3 Å². The molecule has 2 heterocycles. The van der Waals surface area contributed by atoms with Gasteiger partial charge in [0.2, 0.25) is 5.91 Å². The molecule has 4 nitrogen and oxygen atoms in total. The Kier molecular flexibility index (Phi) is 6.11. The van der Waals surface area contributed by atoms with Crippen molar-refractivity contribution in [3.63, 3.8) is 0 Å². The molecule has 1 aromatic rings. The van der Waals surface area contributed by atoms with Gasteiger partial charge in [0.15, 0.2) is 0 Å². The average Bonchev–Trinajstić information content (AvgIpc) is 3.15. The summed E-state index contributed by atoms with van der Waals surface area (Å²) >= 11 is 0. The van der Waals surface area contributed by atoms with Gasteiger partial charge >= 0.3 is 0 Å². The lowest BCUT2D eigenvalue weighted by Gasteiger charge is -2.27. The molecule has 4 heteroatoms. The predicted molar refractivity (Wildman–Crippen MR) is 99.3 cm³/mol. The molecule has 132 valence electrons. The summed E-state index contributed by atoms with van der Waals surface area (Å²) < 4.78 is 0. The Morgan fingerprint density at radius 2 is 1.96 bits per heavy atom. The zero-order valence-electron chi connectivity index (χ0n) is 15.0. The monoisotopic (exact) mass is 329 g/mol. The summed E-state index contributed by atoms with van der Waals surface area (Å²) in [5, 5.41) is 3.07. The van der Waals surface area contributed by atoms with E-state index in [4.69, 9.17) is 0 Å². The lowest BCUT2D eigenvalue weighted by molar-refractivity contribution is -0.121. The number of anilines is 2. The van der Waals surface area contributed by atoms with Crippen molar-refractivity contribution in [1.82, 2.24) is 4.98 Å². The van der Waals surface area contributed by atoms with Gasteiger partial charge in [-0.15, -0.1) is 0 Å². The normalized spacial score (nSPS) is 24.1. The van der Waals surface area contributed by atoms with Gasteiger partial charge in [-0.3, -0.25) is 4.79 Å². The fourth-order valence-corrected chi connectivity index (χ4v) is 4.04. The number of rotatable bonds is 6. The van der Waals surface area contributed by atoms with Crippen molar-refractivity contribution < 1.29 is 4.79 Å². The van der Waals surface area contributed by atoms with Gasteiger partial charge in [0.25, 0.3) is 0 Å². The minimum Gasteiger partial charge on any atom is -0.357 e. The maximum absolute atomic E-state index is 12.5. The molecule has 1 aromatic heterocycles. The molecule has 0 bridgehead atoms. The van der Waals surface area contributed by atoms with E-state index in [1.165, 1.54) is 44.9 Å². The summed E-state index contributed by atoms with van der Waals surface area (Å²) in [6.07, 6.45) is 12.8. The van der Waals surface area contributed by atoms with Crippen molar-refractivity contribution in [2.45, 2.75) is 64.7 Å². The predicted octanol–water partition coefficient (Wildman–Crippen LogP) is 4.62. The maximum atomic E-state index is 12.5. The number of nitrogens with zero attached hydrogens (tertiary/aromatic N) is 2. The Bertz CT molecular complexity index is 514. The number of aromatic nitrogens is 1. The van der Waals surface area contributed by atoms with Crippen LogP contribution in [-0.2, 0) is 4.79 Å². The highest BCUT2D eigenvalue weighted by Crippen LogP contribution is 2.32. The first-order valence-electron chi connectivity index (χ1n) is 9.78. The standard InChI is InChI=1S/C20H31N3O/c1-2-3-6-16-7-9-17(10-8-16)20(24)22-18-11-12-19(21-15-18)23-13-4-5-14-23/h11-12,15-17H,2-10,13-14H2,1H3,(H,22,24). The van der Waals surface area contributed by atoms with Crippen LogP contribution in [0.25, 0.3) is 0 Å². The molecule has 1 N–H and O–H groups in total. The summed E-state index contributed by atoms with van der Waals surface area (Å²) in [4.78, 5) is 19.3. The third-order valence-corrected chi connectivity index (χ3v) is 5.63. The maximum Gasteiger partial charge on any atom is 0.227 e. The number of pyridine rings is 1. The Balaban J connectivity index is 1.46. The van der Waals surface area contributed by atoms with Crippen LogP contribution in [0.5, 0.6) is 0 Å². The molecule has 1 aliphatic heterocycles. The van der Waals surface area contributed by atoms with E-state index in [0.717, 1.165) is 43.4 Å². The molecule has 2 fully saturated rings. The highest BCUT2D eigenvalue weighted by Gasteiger charge is 2.26. The van der Waals surface area contributed by atoms with E-state index in [0.29, 0.717) is 0 Å². The minimum absolute atomic E-state index is 0.180. The van der Waals surface area contributed by atoms with Crippen molar-refractivity contribution >= 4 is 17.4 Å². The summed E-state index contributed by atoms with van der Waals surface area (Å²) in [5.74, 6) is 2.23. The Hall–Kier alpha value is -1.58. The van der Waals surface area contributed by atoms with Crippen LogP contribution < -0.4 is 10.2 Å². The number of unbranched alkanes of at least 4 members (excludes halogenated alkanes) is 1. The third-order valence-electron chi connectivity index (χ3n) is 5.63. The first-order valence-corrected chi connectivity index (χ1v) is 9.78. The van der Waals surface area contributed by atoms with Gasteiger partial charge in [0.1, 0.15) is 5.82 Å². The lowest BCUT2D eigenvalue weighted by atomic mass is 9.79. The van der Waals surface area contributed by atoms with E-state index < -0.39 is 0 Å². The molecule has 0 unspecified atom stereocenters. The zero-order valence-corrected chi connectivity index (χ0v) is 15.0. The van der Waals surface area contributed by atoms with Gasteiger partial charge in [-0.2, -0.15) is 0 Å². The van der Waals surface area contributed by atoms with Gasteiger partial charge in [-0.25, -0.2) is 4.98 Å². The molecule has 1 saturated carbocycles. The van der Waals surface area contributed by atoms with Crippen molar-refractivity contribution in [2.24, 2.45) is 11.8 Å². The zero-order chi connectivity index (χ0) is 16.8. The number of carbonyl (C=O) groups is 1. The van der Waals surface area contributed by atoms with Crippen LogP contribution in [0, 0.1) is 11.8 Å². The summed E-state index contributed by atoms with van der Waals surface area (Å²) in [5.41, 5.74) is 0.830. The molecule has 1 amide bonds. The van der Waals surface area contributed by atoms with E-state index in [1.54, 1.807) is 6.20 Å². The molecule has 1 aliphatic carbocycles. The first kappa shape index (κ1) is 17.2.